The van der Waals surface area contributed by atoms with E-state index in [0.717, 1.165) is 24.3 Å². The second kappa shape index (κ2) is 8.24. The highest BCUT2D eigenvalue weighted by Gasteiger charge is 2.29. The van der Waals surface area contributed by atoms with Gasteiger partial charge in [0.25, 0.3) is 0 Å². The third kappa shape index (κ3) is 4.12. The largest absolute Gasteiger partial charge is 0.379 e. The maximum absolute atomic E-state index is 12.9. The number of aromatic nitrogens is 4. The van der Waals surface area contributed by atoms with Crippen LogP contribution < -0.4 is 5.32 Å². The van der Waals surface area contributed by atoms with Gasteiger partial charge in [0.05, 0.1) is 18.9 Å². The number of imidazole rings is 1. The summed E-state index contributed by atoms with van der Waals surface area (Å²) in [4.78, 5) is 27.9. The van der Waals surface area contributed by atoms with Crippen molar-refractivity contribution in [1.82, 2.24) is 29.6 Å². The van der Waals surface area contributed by atoms with Gasteiger partial charge >= 0.3 is 0 Å². The number of rotatable bonds is 6. The predicted molar refractivity (Wildman–Crippen MR) is 99.1 cm³/mol. The molecule has 3 aromatic rings. The van der Waals surface area contributed by atoms with Crippen LogP contribution in [0.15, 0.2) is 49.2 Å². The Morgan fingerprint density at radius 1 is 1.26 bits per heavy atom. The van der Waals surface area contributed by atoms with Gasteiger partial charge in [0, 0.05) is 57.0 Å². The summed E-state index contributed by atoms with van der Waals surface area (Å²) >= 11 is 0. The molecule has 8 nitrogen and oxygen atoms in total. The third-order valence-corrected chi connectivity index (χ3v) is 4.63. The predicted octanol–water partition coefficient (Wildman–Crippen LogP) is 0.856. The highest BCUT2D eigenvalue weighted by atomic mass is 16.5. The molecule has 1 atom stereocenters. The lowest BCUT2D eigenvalue weighted by Gasteiger charge is -2.33. The fourth-order valence-electron chi connectivity index (χ4n) is 3.31. The van der Waals surface area contributed by atoms with Gasteiger partial charge in [0.2, 0.25) is 11.7 Å². The molecule has 4 heterocycles. The fourth-order valence-corrected chi connectivity index (χ4v) is 3.31. The summed E-state index contributed by atoms with van der Waals surface area (Å²) in [6.45, 7) is 3.25. The zero-order valence-corrected chi connectivity index (χ0v) is 15.0. The number of hydrogen-bond donors (Lipinski definition) is 1. The molecule has 8 heteroatoms. The molecule has 0 unspecified atom stereocenters. The molecule has 0 aliphatic carbocycles. The van der Waals surface area contributed by atoms with Crippen LogP contribution in [0.3, 0.4) is 0 Å². The monoisotopic (exact) mass is 366 g/mol. The Hall–Kier alpha value is -2.84. The van der Waals surface area contributed by atoms with Crippen LogP contribution in [0.4, 0.5) is 0 Å². The maximum Gasteiger partial charge on any atom is 0.242 e. The van der Waals surface area contributed by atoms with Crippen molar-refractivity contribution in [2.45, 2.75) is 12.5 Å². The molecule has 140 valence electrons. The van der Waals surface area contributed by atoms with Crippen LogP contribution in [0.1, 0.15) is 17.3 Å². The minimum absolute atomic E-state index is 0.0215. The number of nitrogens with zero attached hydrogens (tertiary/aromatic N) is 5. The van der Waals surface area contributed by atoms with E-state index in [-0.39, 0.29) is 11.9 Å². The zero-order chi connectivity index (χ0) is 18.5. The third-order valence-electron chi connectivity index (χ3n) is 4.63. The summed E-state index contributed by atoms with van der Waals surface area (Å²) in [5.74, 6) is 0.646. The van der Waals surface area contributed by atoms with Gasteiger partial charge in [-0.1, -0.05) is 6.07 Å². The van der Waals surface area contributed by atoms with Crippen molar-refractivity contribution in [1.29, 1.82) is 0 Å². The van der Waals surface area contributed by atoms with Gasteiger partial charge in [-0.2, -0.15) is 0 Å². The Morgan fingerprint density at radius 2 is 2.15 bits per heavy atom. The second-order valence-electron chi connectivity index (χ2n) is 6.44. The van der Waals surface area contributed by atoms with Gasteiger partial charge in [-0.25, -0.2) is 9.97 Å². The van der Waals surface area contributed by atoms with Crippen molar-refractivity contribution in [3.8, 4) is 0 Å². The lowest BCUT2D eigenvalue weighted by atomic mass is 10.1. The van der Waals surface area contributed by atoms with Crippen LogP contribution in [0.5, 0.6) is 0 Å². The lowest BCUT2D eigenvalue weighted by Crippen LogP contribution is -2.46. The maximum atomic E-state index is 12.9. The van der Waals surface area contributed by atoms with Gasteiger partial charge < -0.3 is 10.1 Å². The van der Waals surface area contributed by atoms with Crippen LogP contribution in [0.25, 0.3) is 5.78 Å². The zero-order valence-electron chi connectivity index (χ0n) is 15.0. The Bertz CT molecular complexity index is 858. The molecule has 1 aliphatic rings. The summed E-state index contributed by atoms with van der Waals surface area (Å²) in [7, 11) is 0. The van der Waals surface area contributed by atoms with Gasteiger partial charge in [0.15, 0.2) is 0 Å². The average Bonchev–Trinajstić information content (AvgIpc) is 3.13. The van der Waals surface area contributed by atoms with E-state index in [9.17, 15) is 4.79 Å². The summed E-state index contributed by atoms with van der Waals surface area (Å²) in [5.41, 5.74) is 1.80. The molecule has 1 N–H and O–H groups in total. The molecule has 1 amide bonds. The first-order chi connectivity index (χ1) is 13.3. The number of ether oxygens (including phenoxy) is 1. The van der Waals surface area contributed by atoms with Crippen molar-refractivity contribution < 1.29 is 9.53 Å². The molecule has 0 saturated carbocycles. The smallest absolute Gasteiger partial charge is 0.242 e. The van der Waals surface area contributed by atoms with Crippen molar-refractivity contribution in [3.05, 3.63) is 60.4 Å². The number of fused-ring (bicyclic) bond motifs is 1. The Balaban J connectivity index is 1.41. The van der Waals surface area contributed by atoms with Crippen molar-refractivity contribution in [2.24, 2.45) is 0 Å². The number of amides is 1. The van der Waals surface area contributed by atoms with Crippen LogP contribution in [-0.2, 0) is 16.0 Å². The highest BCUT2D eigenvalue weighted by Crippen LogP contribution is 2.21. The van der Waals surface area contributed by atoms with Crippen LogP contribution in [-0.4, -0.2) is 63.0 Å². The summed E-state index contributed by atoms with van der Waals surface area (Å²) in [6.07, 6.45) is 9.69. The van der Waals surface area contributed by atoms with Crippen molar-refractivity contribution in [2.75, 3.05) is 32.8 Å². The second-order valence-corrected chi connectivity index (χ2v) is 6.44. The fraction of sp³-hybridized carbons (Fsp3) is 0.368. The average molecular weight is 366 g/mol. The number of hydrogen-bond acceptors (Lipinski definition) is 6. The number of carbonyl (C=O) groups excluding carboxylic acids is 1. The minimum atomic E-state index is -0.356. The Kier molecular flexibility index (Phi) is 5.36. The summed E-state index contributed by atoms with van der Waals surface area (Å²) < 4.78 is 7.31. The molecular formula is C19H22N6O2. The lowest BCUT2D eigenvalue weighted by molar-refractivity contribution is -0.128. The molecule has 0 radical (unpaired) electrons. The number of nitrogens with one attached hydrogen (secondary N) is 1. The highest BCUT2D eigenvalue weighted by molar-refractivity contribution is 5.83. The molecule has 0 bridgehead atoms. The van der Waals surface area contributed by atoms with E-state index >= 15 is 0 Å². The molecule has 1 saturated heterocycles. The molecule has 1 aliphatic heterocycles. The minimum Gasteiger partial charge on any atom is -0.379 e. The number of morpholine rings is 1. The summed E-state index contributed by atoms with van der Waals surface area (Å²) in [5, 5.41) is 3.05. The van der Waals surface area contributed by atoms with E-state index in [4.69, 9.17) is 4.74 Å². The van der Waals surface area contributed by atoms with E-state index in [1.54, 1.807) is 18.6 Å². The van der Waals surface area contributed by atoms with Crippen molar-refractivity contribution in [3.63, 3.8) is 0 Å². The molecule has 4 rings (SSSR count). The first-order valence-corrected chi connectivity index (χ1v) is 9.09. The Morgan fingerprint density at radius 3 is 2.93 bits per heavy atom. The first-order valence-electron chi connectivity index (χ1n) is 9.09. The quantitative estimate of drug-likeness (QED) is 0.696. The van der Waals surface area contributed by atoms with Crippen LogP contribution in [0.2, 0.25) is 0 Å². The van der Waals surface area contributed by atoms with Crippen LogP contribution >= 0.6 is 0 Å². The molecular weight excluding hydrogens is 344 g/mol. The molecule has 1 fully saturated rings. The van der Waals surface area contributed by atoms with Crippen molar-refractivity contribution >= 4 is 11.7 Å². The van der Waals surface area contributed by atoms with Gasteiger partial charge in [-0.15, -0.1) is 0 Å². The molecule has 3 aromatic heterocycles. The van der Waals surface area contributed by atoms with Gasteiger partial charge in [0.1, 0.15) is 6.04 Å². The number of carbonyl (C=O) groups is 1. The normalized spacial score (nSPS) is 16.3. The van der Waals surface area contributed by atoms with Gasteiger partial charge in [-0.3, -0.25) is 19.1 Å². The summed E-state index contributed by atoms with van der Waals surface area (Å²) in [6, 6.07) is 5.31. The van der Waals surface area contributed by atoms with E-state index in [2.05, 4.69) is 25.2 Å². The molecule has 0 aromatic carbocycles. The standard InChI is InChI=1S/C19H22N6O2/c26-18(21-7-4-16-14-25-8-2-6-22-19(25)23-16)17(15-3-1-5-20-13-15)24-9-11-27-12-10-24/h1-3,5-6,8,13-14,17H,4,7,9-12H2,(H,21,26)/t17-/m1/s1. The van der Waals surface area contributed by atoms with E-state index in [0.29, 0.717) is 32.0 Å². The Labute approximate surface area is 157 Å². The topological polar surface area (TPSA) is 84.7 Å². The van der Waals surface area contributed by atoms with E-state index < -0.39 is 0 Å². The SMILES string of the molecule is O=C(NCCc1cn2cccnc2n1)[C@@H](c1cccnc1)N1CCOCC1. The molecule has 0 spiro atoms. The van der Waals surface area contributed by atoms with E-state index in [1.807, 2.05) is 35.0 Å². The molecule has 27 heavy (non-hydrogen) atoms. The first kappa shape index (κ1) is 17.6. The van der Waals surface area contributed by atoms with E-state index in [1.165, 1.54) is 0 Å². The number of pyridine rings is 1. The van der Waals surface area contributed by atoms with Crippen LogP contribution in [0, 0.1) is 0 Å². The van der Waals surface area contributed by atoms with Gasteiger partial charge in [-0.05, 0) is 17.7 Å².